The quantitative estimate of drug-likeness (QED) is 0.222. The third kappa shape index (κ3) is 8.39. The van der Waals surface area contributed by atoms with Crippen molar-refractivity contribution < 1.29 is 14.3 Å². The molecule has 0 atom stereocenters. The fourth-order valence-corrected chi connectivity index (χ4v) is 5.49. The number of hydrogen-bond acceptors (Lipinski definition) is 4. The van der Waals surface area contributed by atoms with Crippen LogP contribution < -0.4 is 15.0 Å². The van der Waals surface area contributed by atoms with Crippen LogP contribution in [-0.4, -0.2) is 24.6 Å². The van der Waals surface area contributed by atoms with Crippen molar-refractivity contribution in [2.45, 2.75) is 74.1 Å². The van der Waals surface area contributed by atoms with Crippen LogP contribution in [0.5, 0.6) is 5.75 Å². The van der Waals surface area contributed by atoms with E-state index in [9.17, 15) is 9.59 Å². The van der Waals surface area contributed by atoms with Crippen LogP contribution in [0, 0.1) is 0 Å². The van der Waals surface area contributed by atoms with Gasteiger partial charge in [-0.05, 0) is 67.6 Å². The second-order valence-electron chi connectivity index (χ2n) is 9.47. The van der Waals surface area contributed by atoms with Gasteiger partial charge in [0, 0.05) is 34.5 Å². The maximum atomic E-state index is 13.5. The van der Waals surface area contributed by atoms with Crippen molar-refractivity contribution in [2.75, 3.05) is 11.4 Å². The molecule has 5 nitrogen and oxygen atoms in total. The van der Waals surface area contributed by atoms with E-state index < -0.39 is 0 Å². The standard InChI is InChI=1S/C31H36N2O3S/c1-2-11-30(34)36-27-17-10-19-29(23-27)37-28-18-9-16-26(22-28)33(21-20-24-12-5-3-6-13-24)31(35)32-25-14-7-4-8-15-25/h3,5-6,9-10,12-13,16-19,22-23,25H,2,4,7-8,11,14-15,20-21H2,1H3,(H,32,35). The zero-order chi connectivity index (χ0) is 25.9. The van der Waals surface area contributed by atoms with Gasteiger partial charge in [-0.25, -0.2) is 4.79 Å². The zero-order valence-corrected chi connectivity index (χ0v) is 22.3. The van der Waals surface area contributed by atoms with Crippen LogP contribution in [0.15, 0.2) is 88.7 Å². The average molecular weight is 517 g/mol. The zero-order valence-electron chi connectivity index (χ0n) is 21.5. The van der Waals surface area contributed by atoms with E-state index >= 15 is 0 Å². The normalized spacial score (nSPS) is 13.6. The van der Waals surface area contributed by atoms with E-state index in [2.05, 4.69) is 23.5 Å². The first-order valence-electron chi connectivity index (χ1n) is 13.3. The van der Waals surface area contributed by atoms with E-state index in [0.29, 0.717) is 18.7 Å². The number of benzene rings is 3. The van der Waals surface area contributed by atoms with Crippen molar-refractivity contribution in [1.82, 2.24) is 5.32 Å². The Morgan fingerprint density at radius 3 is 2.41 bits per heavy atom. The molecule has 0 bridgehead atoms. The van der Waals surface area contributed by atoms with Gasteiger partial charge in [-0.1, -0.05) is 80.4 Å². The molecule has 4 rings (SSSR count). The molecule has 0 saturated heterocycles. The Balaban J connectivity index is 1.50. The second kappa shape index (κ2) is 13.9. The van der Waals surface area contributed by atoms with E-state index in [1.165, 1.54) is 24.8 Å². The number of anilines is 1. The number of carbonyl (C=O) groups is 2. The van der Waals surface area contributed by atoms with Crippen LogP contribution in [0.2, 0.25) is 0 Å². The van der Waals surface area contributed by atoms with Crippen LogP contribution in [0.3, 0.4) is 0 Å². The molecule has 1 N–H and O–H groups in total. The fourth-order valence-electron chi connectivity index (χ4n) is 4.57. The molecule has 6 heteroatoms. The largest absolute Gasteiger partial charge is 0.426 e. The molecule has 0 radical (unpaired) electrons. The highest BCUT2D eigenvalue weighted by Gasteiger charge is 2.21. The van der Waals surface area contributed by atoms with Crippen molar-refractivity contribution in [3.8, 4) is 5.75 Å². The van der Waals surface area contributed by atoms with Crippen molar-refractivity contribution in [1.29, 1.82) is 0 Å². The number of nitrogens with one attached hydrogen (secondary N) is 1. The van der Waals surface area contributed by atoms with Gasteiger partial charge in [0.25, 0.3) is 0 Å². The summed E-state index contributed by atoms with van der Waals surface area (Å²) in [6.07, 6.45) is 7.64. The van der Waals surface area contributed by atoms with Crippen molar-refractivity contribution in [3.05, 3.63) is 84.4 Å². The summed E-state index contributed by atoms with van der Waals surface area (Å²) < 4.78 is 5.46. The number of nitrogens with zero attached hydrogens (tertiary/aromatic N) is 1. The number of carbonyl (C=O) groups excluding carboxylic acids is 2. The van der Waals surface area contributed by atoms with Gasteiger partial charge in [0.1, 0.15) is 5.75 Å². The van der Waals surface area contributed by atoms with Crippen LogP contribution >= 0.6 is 11.8 Å². The summed E-state index contributed by atoms with van der Waals surface area (Å²) in [6.45, 7) is 2.55. The van der Waals surface area contributed by atoms with Gasteiger partial charge in [-0.15, -0.1) is 0 Å². The van der Waals surface area contributed by atoms with E-state index in [-0.39, 0.29) is 18.0 Å². The SMILES string of the molecule is CCCC(=O)Oc1cccc(Sc2cccc(N(CCc3ccccc3)C(=O)NC3CCCCC3)c2)c1. The van der Waals surface area contributed by atoms with E-state index in [1.807, 2.05) is 66.4 Å². The van der Waals surface area contributed by atoms with Crippen molar-refractivity contribution in [3.63, 3.8) is 0 Å². The summed E-state index contributed by atoms with van der Waals surface area (Å²) in [7, 11) is 0. The van der Waals surface area contributed by atoms with E-state index in [4.69, 9.17) is 4.74 Å². The number of hydrogen-bond donors (Lipinski definition) is 1. The molecular formula is C31H36N2O3S. The Morgan fingerprint density at radius 2 is 1.65 bits per heavy atom. The highest BCUT2D eigenvalue weighted by Crippen LogP contribution is 2.32. The minimum Gasteiger partial charge on any atom is -0.426 e. The molecule has 3 aromatic rings. The van der Waals surface area contributed by atoms with Crippen LogP contribution in [0.25, 0.3) is 0 Å². The predicted molar refractivity (Wildman–Crippen MR) is 150 cm³/mol. The molecule has 3 aromatic carbocycles. The number of amides is 2. The van der Waals surface area contributed by atoms with Crippen molar-refractivity contribution >= 4 is 29.4 Å². The summed E-state index contributed by atoms with van der Waals surface area (Å²) >= 11 is 1.59. The first-order valence-corrected chi connectivity index (χ1v) is 14.1. The molecule has 37 heavy (non-hydrogen) atoms. The summed E-state index contributed by atoms with van der Waals surface area (Å²) in [5.41, 5.74) is 2.08. The molecule has 0 aliphatic heterocycles. The monoisotopic (exact) mass is 516 g/mol. The lowest BCUT2D eigenvalue weighted by molar-refractivity contribution is -0.134. The molecule has 1 aliphatic rings. The predicted octanol–water partition coefficient (Wildman–Crippen LogP) is 7.63. The van der Waals surface area contributed by atoms with Crippen LogP contribution in [-0.2, 0) is 11.2 Å². The maximum Gasteiger partial charge on any atom is 0.322 e. The van der Waals surface area contributed by atoms with Gasteiger partial charge in [-0.3, -0.25) is 9.69 Å². The van der Waals surface area contributed by atoms with Gasteiger partial charge in [-0.2, -0.15) is 0 Å². The molecule has 1 aliphatic carbocycles. The number of urea groups is 1. The first kappa shape index (κ1) is 26.8. The van der Waals surface area contributed by atoms with Crippen LogP contribution in [0.1, 0.15) is 57.4 Å². The molecule has 1 fully saturated rings. The lowest BCUT2D eigenvalue weighted by Crippen LogP contribution is -2.46. The minimum absolute atomic E-state index is 0.0326. The van der Waals surface area contributed by atoms with E-state index in [1.54, 1.807) is 17.8 Å². The first-order chi connectivity index (χ1) is 18.1. The van der Waals surface area contributed by atoms with E-state index in [0.717, 1.165) is 41.2 Å². The Hall–Kier alpha value is -3.25. The lowest BCUT2D eigenvalue weighted by atomic mass is 9.96. The summed E-state index contributed by atoms with van der Waals surface area (Å²) in [5, 5.41) is 3.29. The highest BCUT2D eigenvalue weighted by atomic mass is 32.2. The Bertz CT molecular complexity index is 1160. The third-order valence-electron chi connectivity index (χ3n) is 6.50. The molecule has 2 amide bonds. The lowest BCUT2D eigenvalue weighted by Gasteiger charge is -2.29. The number of ether oxygens (including phenoxy) is 1. The topological polar surface area (TPSA) is 58.6 Å². The van der Waals surface area contributed by atoms with Crippen LogP contribution in [0.4, 0.5) is 10.5 Å². The molecule has 0 spiro atoms. The number of esters is 1. The molecule has 0 aromatic heterocycles. The molecular weight excluding hydrogens is 480 g/mol. The minimum atomic E-state index is -0.218. The van der Waals surface area contributed by atoms with Gasteiger partial charge in [0.2, 0.25) is 0 Å². The van der Waals surface area contributed by atoms with Gasteiger partial charge < -0.3 is 10.1 Å². The summed E-state index contributed by atoms with van der Waals surface area (Å²) in [5.74, 6) is 0.334. The van der Waals surface area contributed by atoms with Gasteiger partial charge >= 0.3 is 12.0 Å². The molecule has 1 saturated carbocycles. The highest BCUT2D eigenvalue weighted by molar-refractivity contribution is 7.99. The smallest absolute Gasteiger partial charge is 0.322 e. The summed E-state index contributed by atoms with van der Waals surface area (Å²) in [4.78, 5) is 29.2. The van der Waals surface area contributed by atoms with Gasteiger partial charge in [0.15, 0.2) is 0 Å². The Morgan fingerprint density at radius 1 is 0.919 bits per heavy atom. The number of rotatable bonds is 10. The summed E-state index contributed by atoms with van der Waals surface area (Å²) in [6, 6.07) is 26.2. The Labute approximate surface area is 224 Å². The second-order valence-corrected chi connectivity index (χ2v) is 10.6. The Kier molecular flexibility index (Phi) is 10.1. The van der Waals surface area contributed by atoms with Gasteiger partial charge in [0.05, 0.1) is 0 Å². The average Bonchev–Trinajstić information content (AvgIpc) is 2.90. The van der Waals surface area contributed by atoms with Crippen molar-refractivity contribution in [2.24, 2.45) is 0 Å². The molecule has 0 heterocycles. The fraction of sp³-hybridized carbons (Fsp3) is 0.355. The molecule has 0 unspecified atom stereocenters. The maximum absolute atomic E-state index is 13.5. The molecule has 194 valence electrons. The third-order valence-corrected chi connectivity index (χ3v) is 7.48.